The van der Waals surface area contributed by atoms with Crippen molar-refractivity contribution in [3.63, 3.8) is 0 Å². The SMILES string of the molecule is CCCC(=O)OOP(=O)(O)O. The molecule has 0 saturated carbocycles. The second-order valence-electron chi connectivity index (χ2n) is 1.77. The maximum absolute atomic E-state index is 10.4. The molecule has 11 heavy (non-hydrogen) atoms. The predicted molar refractivity (Wildman–Crippen MR) is 34.1 cm³/mol. The zero-order chi connectivity index (χ0) is 8.91. The summed E-state index contributed by atoms with van der Waals surface area (Å²) in [4.78, 5) is 30.2. The standard InChI is InChI=1S/C4H9O6P/c1-2-3-4(5)9-10-11(6,7)8/h2-3H2,1H3,(H2,6,7,8). The van der Waals surface area contributed by atoms with E-state index in [1.165, 1.54) is 0 Å². The number of phosphoric acid groups is 1. The summed E-state index contributed by atoms with van der Waals surface area (Å²) in [6, 6.07) is 0. The van der Waals surface area contributed by atoms with Crippen molar-refractivity contribution in [1.82, 2.24) is 0 Å². The van der Waals surface area contributed by atoms with E-state index in [0.717, 1.165) is 0 Å². The highest BCUT2D eigenvalue weighted by Gasteiger charge is 2.18. The van der Waals surface area contributed by atoms with Gasteiger partial charge in [0.25, 0.3) is 0 Å². The van der Waals surface area contributed by atoms with Gasteiger partial charge in [0.05, 0.1) is 0 Å². The molecule has 0 aliphatic heterocycles. The van der Waals surface area contributed by atoms with Crippen LogP contribution in [0.5, 0.6) is 0 Å². The third kappa shape index (κ3) is 7.48. The zero-order valence-corrected chi connectivity index (χ0v) is 6.78. The fourth-order valence-electron chi connectivity index (χ4n) is 0.336. The van der Waals surface area contributed by atoms with Gasteiger partial charge in [-0.3, -0.25) is 4.89 Å². The normalized spacial score (nSPS) is 11.2. The molecule has 6 nitrogen and oxygen atoms in total. The summed E-state index contributed by atoms with van der Waals surface area (Å²) < 4.78 is 13.4. The van der Waals surface area contributed by atoms with Crippen LogP contribution in [0.15, 0.2) is 0 Å². The van der Waals surface area contributed by atoms with E-state index in [4.69, 9.17) is 9.79 Å². The second-order valence-corrected chi connectivity index (χ2v) is 2.90. The Morgan fingerprint density at radius 1 is 1.55 bits per heavy atom. The quantitative estimate of drug-likeness (QED) is 0.372. The van der Waals surface area contributed by atoms with Gasteiger partial charge in [-0.2, -0.15) is 0 Å². The van der Waals surface area contributed by atoms with Gasteiger partial charge in [0.2, 0.25) is 0 Å². The van der Waals surface area contributed by atoms with Crippen molar-refractivity contribution in [2.45, 2.75) is 19.8 Å². The van der Waals surface area contributed by atoms with E-state index in [-0.39, 0.29) is 6.42 Å². The Labute approximate surface area is 63.3 Å². The van der Waals surface area contributed by atoms with E-state index in [9.17, 15) is 9.36 Å². The van der Waals surface area contributed by atoms with Gasteiger partial charge in [-0.15, -0.1) is 0 Å². The molecule has 2 N–H and O–H groups in total. The lowest BCUT2D eigenvalue weighted by Gasteiger charge is -2.01. The molecule has 0 fully saturated rings. The summed E-state index contributed by atoms with van der Waals surface area (Å²) in [5.74, 6) is -0.796. The Hall–Kier alpha value is -0.420. The Morgan fingerprint density at radius 3 is 2.45 bits per heavy atom. The van der Waals surface area contributed by atoms with Crippen molar-refractivity contribution in [3.8, 4) is 0 Å². The molecule has 0 aliphatic rings. The van der Waals surface area contributed by atoms with E-state index >= 15 is 0 Å². The van der Waals surface area contributed by atoms with Gasteiger partial charge in [0, 0.05) is 6.42 Å². The Morgan fingerprint density at radius 2 is 2.09 bits per heavy atom. The number of hydrogen-bond acceptors (Lipinski definition) is 4. The molecular weight excluding hydrogens is 175 g/mol. The lowest BCUT2D eigenvalue weighted by molar-refractivity contribution is -0.222. The van der Waals surface area contributed by atoms with Crippen molar-refractivity contribution in [2.24, 2.45) is 0 Å². The molecule has 0 aliphatic carbocycles. The first-order valence-corrected chi connectivity index (χ1v) is 4.43. The summed E-state index contributed by atoms with van der Waals surface area (Å²) in [6.07, 6.45) is 0.601. The third-order valence-electron chi connectivity index (χ3n) is 0.681. The van der Waals surface area contributed by atoms with Gasteiger partial charge >= 0.3 is 13.8 Å². The van der Waals surface area contributed by atoms with E-state index < -0.39 is 13.8 Å². The molecule has 0 atom stereocenters. The second kappa shape index (κ2) is 4.46. The van der Waals surface area contributed by atoms with Crippen molar-refractivity contribution in [2.75, 3.05) is 0 Å². The Kier molecular flexibility index (Phi) is 4.29. The number of carbonyl (C=O) groups is 1. The van der Waals surface area contributed by atoms with Gasteiger partial charge in [0.1, 0.15) is 0 Å². The van der Waals surface area contributed by atoms with E-state index in [1.807, 2.05) is 0 Å². The number of carbonyl (C=O) groups excluding carboxylic acids is 1. The summed E-state index contributed by atoms with van der Waals surface area (Å²) in [5, 5.41) is 0. The van der Waals surface area contributed by atoms with Crippen LogP contribution in [0, 0.1) is 0 Å². The maximum atomic E-state index is 10.4. The van der Waals surface area contributed by atoms with Crippen LogP contribution in [0.2, 0.25) is 0 Å². The van der Waals surface area contributed by atoms with E-state index in [1.54, 1.807) is 6.92 Å². The predicted octanol–water partition coefficient (Wildman–Crippen LogP) is 0.354. The molecule has 0 bridgehead atoms. The van der Waals surface area contributed by atoms with Gasteiger partial charge in [-0.25, -0.2) is 9.36 Å². The lowest BCUT2D eigenvalue weighted by Crippen LogP contribution is -2.03. The van der Waals surface area contributed by atoms with Crippen LogP contribution in [-0.4, -0.2) is 15.8 Å². The van der Waals surface area contributed by atoms with Gasteiger partial charge in [-0.05, 0) is 6.42 Å². The molecular formula is C4H9O6P. The molecule has 0 aromatic heterocycles. The largest absolute Gasteiger partial charge is 0.505 e. The summed E-state index contributed by atoms with van der Waals surface area (Å²) >= 11 is 0. The monoisotopic (exact) mass is 184 g/mol. The molecule has 0 aromatic rings. The first-order valence-electron chi connectivity index (χ1n) is 2.90. The van der Waals surface area contributed by atoms with E-state index in [2.05, 4.69) is 9.56 Å². The van der Waals surface area contributed by atoms with E-state index in [0.29, 0.717) is 6.42 Å². The molecule has 7 heteroatoms. The van der Waals surface area contributed by atoms with Crippen molar-refractivity contribution in [3.05, 3.63) is 0 Å². The van der Waals surface area contributed by atoms with Crippen LogP contribution in [0.25, 0.3) is 0 Å². The minimum atomic E-state index is -4.69. The Bertz CT molecular complexity index is 171. The lowest BCUT2D eigenvalue weighted by atomic mass is 10.3. The van der Waals surface area contributed by atoms with Crippen LogP contribution in [0.3, 0.4) is 0 Å². The fraction of sp³-hybridized carbons (Fsp3) is 0.750. The highest BCUT2D eigenvalue weighted by molar-refractivity contribution is 7.46. The molecule has 0 radical (unpaired) electrons. The average molecular weight is 184 g/mol. The smallest absolute Gasteiger partial charge is 0.301 e. The topological polar surface area (TPSA) is 93.1 Å². The number of hydrogen-bond donors (Lipinski definition) is 2. The molecule has 0 rings (SSSR count). The van der Waals surface area contributed by atoms with Crippen molar-refractivity contribution < 1.29 is 28.7 Å². The van der Waals surface area contributed by atoms with Crippen LogP contribution in [0.4, 0.5) is 0 Å². The van der Waals surface area contributed by atoms with Crippen LogP contribution < -0.4 is 0 Å². The van der Waals surface area contributed by atoms with Crippen molar-refractivity contribution >= 4 is 13.8 Å². The fourth-order valence-corrected chi connectivity index (χ4v) is 0.516. The van der Waals surface area contributed by atoms with Gasteiger partial charge in [0.15, 0.2) is 0 Å². The highest BCUT2D eigenvalue weighted by Crippen LogP contribution is 2.35. The van der Waals surface area contributed by atoms with Crippen LogP contribution in [-0.2, 0) is 18.9 Å². The summed E-state index contributed by atoms with van der Waals surface area (Å²) in [6.45, 7) is 1.72. The van der Waals surface area contributed by atoms with Gasteiger partial charge in [-0.1, -0.05) is 11.6 Å². The van der Waals surface area contributed by atoms with Gasteiger partial charge < -0.3 is 9.79 Å². The number of rotatable bonds is 4. The summed E-state index contributed by atoms with van der Waals surface area (Å²) in [5.41, 5.74) is 0. The van der Waals surface area contributed by atoms with Crippen molar-refractivity contribution in [1.29, 1.82) is 0 Å². The Balaban J connectivity index is 3.55. The molecule has 0 spiro atoms. The zero-order valence-electron chi connectivity index (χ0n) is 5.89. The minimum absolute atomic E-state index is 0.0694. The summed E-state index contributed by atoms with van der Waals surface area (Å²) in [7, 11) is -4.69. The molecule has 0 unspecified atom stereocenters. The molecule has 0 heterocycles. The van der Waals surface area contributed by atoms with Crippen LogP contribution in [0.1, 0.15) is 19.8 Å². The van der Waals surface area contributed by atoms with Crippen LogP contribution >= 0.6 is 7.82 Å². The molecule has 0 amide bonds. The molecule has 0 aromatic carbocycles. The highest BCUT2D eigenvalue weighted by atomic mass is 31.2. The first kappa shape index (κ1) is 10.6. The maximum Gasteiger partial charge on any atom is 0.505 e. The average Bonchev–Trinajstić information content (AvgIpc) is 1.83. The minimum Gasteiger partial charge on any atom is -0.301 e. The molecule has 66 valence electrons. The third-order valence-corrected chi connectivity index (χ3v) is 0.950. The first-order chi connectivity index (χ1) is 4.95. The molecule has 0 saturated heterocycles.